The normalized spacial score (nSPS) is 12.0. The molecular formula is C26H26F3N3O2S2. The second-order valence-corrected chi connectivity index (χ2v) is 9.42. The molecule has 0 unspecified atom stereocenters. The molecule has 1 atom stereocenters. The summed E-state index contributed by atoms with van der Waals surface area (Å²) in [6, 6.07) is 19.9. The van der Waals surface area contributed by atoms with Gasteiger partial charge in [0.25, 0.3) is 0 Å². The molecule has 36 heavy (non-hydrogen) atoms. The van der Waals surface area contributed by atoms with E-state index in [1.807, 2.05) is 44.2 Å². The van der Waals surface area contributed by atoms with Gasteiger partial charge in [0.05, 0.1) is 18.2 Å². The third-order valence-electron chi connectivity index (χ3n) is 4.77. The van der Waals surface area contributed by atoms with Gasteiger partial charge in [-0.1, -0.05) is 79.4 Å². The molecule has 3 aromatic carbocycles. The fourth-order valence-electron chi connectivity index (χ4n) is 3.05. The van der Waals surface area contributed by atoms with Crippen LogP contribution in [0.3, 0.4) is 0 Å². The van der Waals surface area contributed by atoms with Crippen molar-refractivity contribution >= 4 is 23.1 Å². The number of nitrogens with zero attached hydrogens (tertiary/aromatic N) is 2. The Morgan fingerprint density at radius 3 is 2.44 bits per heavy atom. The zero-order valence-corrected chi connectivity index (χ0v) is 21.3. The van der Waals surface area contributed by atoms with Crippen LogP contribution in [0.15, 0.2) is 82.6 Å². The molecule has 5 nitrogen and oxygen atoms in total. The smallest absolute Gasteiger partial charge is 0.417 e. The van der Waals surface area contributed by atoms with Crippen molar-refractivity contribution in [3.63, 3.8) is 0 Å². The Balaban J connectivity index is 0.00000176. The first-order valence-corrected chi connectivity index (χ1v) is 12.8. The minimum absolute atomic E-state index is 0.0632. The summed E-state index contributed by atoms with van der Waals surface area (Å²) < 4.78 is 47.5. The zero-order valence-electron chi connectivity index (χ0n) is 19.7. The second kappa shape index (κ2) is 12.9. The molecule has 0 radical (unpaired) electrons. The Hall–Kier alpha value is -2.92. The first kappa shape index (κ1) is 27.7. The number of alkyl halides is 3. The van der Waals surface area contributed by atoms with Crippen molar-refractivity contribution in [1.29, 1.82) is 0 Å². The minimum atomic E-state index is -4.56. The van der Waals surface area contributed by atoms with Crippen LogP contribution in [-0.2, 0) is 12.8 Å². The molecule has 0 aliphatic heterocycles. The van der Waals surface area contributed by atoms with E-state index >= 15 is 0 Å². The van der Waals surface area contributed by atoms with Crippen molar-refractivity contribution in [3.05, 3.63) is 88.9 Å². The van der Waals surface area contributed by atoms with Crippen LogP contribution in [0.2, 0.25) is 0 Å². The average Bonchev–Trinajstić information content (AvgIpc) is 3.39. The highest BCUT2D eigenvalue weighted by atomic mass is 32.2. The topological polar surface area (TPSA) is 81.3 Å². The number of aliphatic hydroxyl groups is 1. The number of aromatic nitrogens is 2. The van der Waals surface area contributed by atoms with E-state index < -0.39 is 17.8 Å². The number of nitrogens with two attached hydrogens (primary N) is 1. The highest BCUT2D eigenvalue weighted by molar-refractivity contribution is 7.99. The summed E-state index contributed by atoms with van der Waals surface area (Å²) in [5.41, 5.74) is 6.23. The summed E-state index contributed by atoms with van der Waals surface area (Å²) in [7, 11) is 0. The van der Waals surface area contributed by atoms with Crippen LogP contribution in [0, 0.1) is 0 Å². The van der Waals surface area contributed by atoms with Gasteiger partial charge in [0.1, 0.15) is 22.4 Å². The molecule has 10 heteroatoms. The zero-order chi connectivity index (χ0) is 26.1. The summed E-state index contributed by atoms with van der Waals surface area (Å²) >= 11 is 2.06. The third-order valence-corrected chi connectivity index (χ3v) is 6.94. The Labute approximate surface area is 216 Å². The fourth-order valence-corrected chi connectivity index (χ4v) is 4.88. The second-order valence-electron chi connectivity index (χ2n) is 7.29. The van der Waals surface area contributed by atoms with Crippen LogP contribution >= 0.6 is 23.1 Å². The van der Waals surface area contributed by atoms with E-state index in [9.17, 15) is 13.2 Å². The van der Waals surface area contributed by atoms with Crippen LogP contribution in [-0.4, -0.2) is 21.9 Å². The monoisotopic (exact) mass is 533 g/mol. The Morgan fingerprint density at radius 1 is 1.00 bits per heavy atom. The van der Waals surface area contributed by atoms with Crippen molar-refractivity contribution in [2.24, 2.45) is 5.73 Å². The minimum Gasteiger partial charge on any atom is -0.489 e. The van der Waals surface area contributed by atoms with Crippen LogP contribution in [0.4, 0.5) is 13.2 Å². The van der Waals surface area contributed by atoms with Gasteiger partial charge in [-0.05, 0) is 35.9 Å². The molecule has 4 aromatic rings. The van der Waals surface area contributed by atoms with Crippen LogP contribution in [0.1, 0.15) is 36.0 Å². The molecule has 0 saturated carbocycles. The van der Waals surface area contributed by atoms with E-state index in [0.29, 0.717) is 27.3 Å². The lowest BCUT2D eigenvalue weighted by atomic mass is 10.1. The lowest BCUT2D eigenvalue weighted by Crippen LogP contribution is -2.13. The first-order chi connectivity index (χ1) is 17.3. The van der Waals surface area contributed by atoms with Crippen LogP contribution in [0.25, 0.3) is 10.6 Å². The van der Waals surface area contributed by atoms with E-state index in [1.54, 1.807) is 30.3 Å². The number of ether oxygens (including phenoxy) is 1. The molecule has 0 amide bonds. The maximum atomic E-state index is 13.9. The van der Waals surface area contributed by atoms with E-state index in [0.717, 1.165) is 34.7 Å². The number of benzene rings is 3. The quantitative estimate of drug-likeness (QED) is 0.255. The van der Waals surface area contributed by atoms with Crippen molar-refractivity contribution < 1.29 is 23.0 Å². The number of halogens is 3. The van der Waals surface area contributed by atoms with E-state index in [1.165, 1.54) is 6.07 Å². The van der Waals surface area contributed by atoms with E-state index in [4.69, 9.17) is 15.6 Å². The Bertz CT molecular complexity index is 1250. The van der Waals surface area contributed by atoms with Crippen molar-refractivity contribution in [3.8, 4) is 16.3 Å². The average molecular weight is 534 g/mol. The summed E-state index contributed by atoms with van der Waals surface area (Å²) in [6.07, 6.45) is -4.56. The Kier molecular flexibility index (Phi) is 9.89. The van der Waals surface area contributed by atoms with Gasteiger partial charge in [-0.15, -0.1) is 10.2 Å². The van der Waals surface area contributed by atoms with Gasteiger partial charge in [-0.2, -0.15) is 13.2 Å². The lowest BCUT2D eigenvalue weighted by molar-refractivity contribution is -0.139. The van der Waals surface area contributed by atoms with Gasteiger partial charge in [-0.25, -0.2) is 0 Å². The predicted octanol–water partition coefficient (Wildman–Crippen LogP) is 6.97. The summed E-state index contributed by atoms with van der Waals surface area (Å²) in [6.45, 7) is 4.04. The fraction of sp³-hybridized carbons (Fsp3) is 0.231. The standard InChI is InChI=1S/C24H20F3N3O2S2.C2H6/c25-24(26,27)19-11-16(22-29-30-23(34-22)20(28)13-31)9-10-21(19)33-18-8-4-7-17(12-18)32-14-15-5-2-1-3-6-15;1-2/h1-12,20,31H,13-14,28H2;1-2H3/t20-;/m0./s1. The van der Waals surface area contributed by atoms with Gasteiger partial charge >= 0.3 is 6.18 Å². The molecule has 3 N–H and O–H groups in total. The van der Waals surface area contributed by atoms with Gasteiger partial charge in [0.15, 0.2) is 0 Å². The largest absolute Gasteiger partial charge is 0.489 e. The van der Waals surface area contributed by atoms with Gasteiger partial charge in [0.2, 0.25) is 0 Å². The first-order valence-electron chi connectivity index (χ1n) is 11.2. The number of aliphatic hydroxyl groups excluding tert-OH is 1. The summed E-state index contributed by atoms with van der Waals surface area (Å²) in [5, 5.41) is 17.6. The Morgan fingerprint density at radius 2 is 1.75 bits per heavy atom. The van der Waals surface area contributed by atoms with Gasteiger partial charge < -0.3 is 15.6 Å². The van der Waals surface area contributed by atoms with E-state index in [-0.39, 0.29) is 17.1 Å². The molecule has 0 aliphatic rings. The van der Waals surface area contributed by atoms with E-state index in [2.05, 4.69) is 10.2 Å². The number of hydrogen-bond donors (Lipinski definition) is 2. The maximum Gasteiger partial charge on any atom is 0.417 e. The molecule has 4 rings (SSSR count). The molecule has 0 fully saturated rings. The van der Waals surface area contributed by atoms with Crippen molar-refractivity contribution in [1.82, 2.24) is 10.2 Å². The number of rotatable bonds is 8. The molecule has 0 bridgehead atoms. The molecule has 0 aliphatic carbocycles. The van der Waals surface area contributed by atoms with Crippen molar-refractivity contribution in [2.75, 3.05) is 6.61 Å². The molecular weight excluding hydrogens is 507 g/mol. The SMILES string of the molecule is CC.N[C@@H](CO)c1nnc(-c2ccc(Sc3cccc(OCc4ccccc4)c3)c(C(F)(F)F)c2)s1. The van der Waals surface area contributed by atoms with Crippen LogP contribution in [0.5, 0.6) is 5.75 Å². The summed E-state index contributed by atoms with van der Waals surface area (Å²) in [4.78, 5) is 0.684. The summed E-state index contributed by atoms with van der Waals surface area (Å²) in [5.74, 6) is 0.570. The highest BCUT2D eigenvalue weighted by Gasteiger charge is 2.34. The van der Waals surface area contributed by atoms with Gasteiger partial charge in [-0.3, -0.25) is 0 Å². The van der Waals surface area contributed by atoms with Crippen molar-refractivity contribution in [2.45, 2.75) is 42.5 Å². The highest BCUT2D eigenvalue weighted by Crippen LogP contribution is 2.42. The number of hydrogen-bond acceptors (Lipinski definition) is 7. The molecule has 1 aromatic heterocycles. The van der Waals surface area contributed by atoms with Crippen LogP contribution < -0.4 is 10.5 Å². The molecule has 1 heterocycles. The molecule has 190 valence electrons. The third kappa shape index (κ3) is 7.30. The molecule has 0 saturated heterocycles. The maximum absolute atomic E-state index is 13.9. The molecule has 0 spiro atoms. The predicted molar refractivity (Wildman–Crippen MR) is 137 cm³/mol. The van der Waals surface area contributed by atoms with Gasteiger partial charge in [0, 0.05) is 15.4 Å². The lowest BCUT2D eigenvalue weighted by Gasteiger charge is -2.14.